The molecule has 21 rings (SSSR count). The average Bonchev–Trinajstić information content (AvgIpc) is 2.77. The van der Waals surface area contributed by atoms with Gasteiger partial charge in [-0.25, -0.2) is 0 Å². The number of hydrogen-bond donors (Lipinski definition) is 0. The maximum absolute atomic E-state index is 5.28. The topological polar surface area (TPSA) is 38.7 Å². The van der Waals surface area contributed by atoms with Crippen molar-refractivity contribution in [3.05, 3.63) is 234 Å². The fourth-order valence-corrected chi connectivity index (χ4v) is 20.5. The minimum atomic E-state index is 0.704. The average molecular weight is 1110 g/mol. The zero-order valence-electron chi connectivity index (χ0n) is 49.2. The van der Waals surface area contributed by atoms with Crippen molar-refractivity contribution in [1.29, 1.82) is 0 Å². The summed E-state index contributed by atoms with van der Waals surface area (Å²) in [5.74, 6) is 9.83. The molecule has 10 aromatic rings. The van der Waals surface area contributed by atoms with Crippen LogP contribution in [0.5, 0.6) is 0 Å². The number of nitrogens with zero attached hydrogens (tertiary/aromatic N) is 3. The van der Waals surface area contributed by atoms with Crippen molar-refractivity contribution in [2.75, 3.05) is 0 Å². The van der Waals surface area contributed by atoms with E-state index in [-0.39, 0.29) is 0 Å². The smallest absolute Gasteiger partial charge is 0.0702 e. The summed E-state index contributed by atoms with van der Waals surface area (Å²) in [5.41, 5.74) is 30.6. The third kappa shape index (κ3) is 8.37. The van der Waals surface area contributed by atoms with Crippen LogP contribution in [-0.4, -0.2) is 15.0 Å². The highest BCUT2D eigenvalue weighted by Gasteiger charge is 2.47. The van der Waals surface area contributed by atoms with E-state index in [0.717, 1.165) is 104 Å². The molecule has 8 unspecified atom stereocenters. The minimum Gasteiger partial charge on any atom is -0.256 e. The third-order valence-corrected chi connectivity index (χ3v) is 23.9. The van der Waals surface area contributed by atoms with Gasteiger partial charge in [-0.15, -0.1) is 0 Å². The van der Waals surface area contributed by atoms with Gasteiger partial charge in [0.05, 0.1) is 17.1 Å². The van der Waals surface area contributed by atoms with E-state index in [4.69, 9.17) is 15.0 Å². The van der Waals surface area contributed by atoms with Crippen molar-refractivity contribution in [2.45, 2.75) is 125 Å². The first-order valence-electron chi connectivity index (χ1n) is 33.2. The van der Waals surface area contributed by atoms with Crippen LogP contribution < -0.4 is 0 Å². The molecule has 0 radical (unpaired) electrons. The molecule has 3 heterocycles. The molecule has 11 bridgehead atoms. The van der Waals surface area contributed by atoms with Gasteiger partial charge in [0, 0.05) is 52.0 Å². The molecule has 11 aliphatic rings. The molecule has 8 atom stereocenters. The van der Waals surface area contributed by atoms with E-state index in [1.165, 1.54) is 140 Å². The van der Waals surface area contributed by atoms with Crippen molar-refractivity contribution in [2.24, 2.45) is 35.5 Å². The van der Waals surface area contributed by atoms with Crippen molar-refractivity contribution in [3.63, 3.8) is 0 Å². The summed E-state index contributed by atoms with van der Waals surface area (Å²) < 4.78 is 0. The molecule has 3 heteroatoms. The van der Waals surface area contributed by atoms with E-state index in [2.05, 4.69) is 201 Å². The molecule has 11 aliphatic carbocycles. The zero-order valence-corrected chi connectivity index (χ0v) is 49.2. The molecule has 0 spiro atoms. The number of pyridine rings is 3. The van der Waals surface area contributed by atoms with E-state index in [1.54, 1.807) is 33.4 Å². The summed E-state index contributed by atoms with van der Waals surface area (Å²) >= 11 is 0. The lowest BCUT2D eigenvalue weighted by atomic mass is 9.67. The van der Waals surface area contributed by atoms with Crippen molar-refractivity contribution in [3.8, 4) is 101 Å². The second-order valence-corrected chi connectivity index (χ2v) is 28.7. The van der Waals surface area contributed by atoms with Gasteiger partial charge < -0.3 is 0 Å². The first-order chi connectivity index (χ1) is 42.5. The Hall–Kier alpha value is -8.01. The van der Waals surface area contributed by atoms with Crippen molar-refractivity contribution in [1.82, 2.24) is 15.0 Å². The quantitative estimate of drug-likeness (QED) is 0.145. The van der Waals surface area contributed by atoms with Crippen LogP contribution in [0.3, 0.4) is 0 Å². The van der Waals surface area contributed by atoms with Gasteiger partial charge in [-0.2, -0.15) is 0 Å². The number of rotatable bonds is 9. The van der Waals surface area contributed by atoms with Gasteiger partial charge in [-0.3, -0.25) is 15.0 Å². The Bertz CT molecular complexity index is 4120. The van der Waals surface area contributed by atoms with E-state index in [9.17, 15) is 0 Å². The molecular formula is C83H73N3. The molecule has 0 saturated heterocycles. The van der Waals surface area contributed by atoms with E-state index in [1.807, 2.05) is 0 Å². The predicted molar refractivity (Wildman–Crippen MR) is 351 cm³/mol. The first-order valence-corrected chi connectivity index (χ1v) is 33.2. The summed E-state index contributed by atoms with van der Waals surface area (Å²) in [4.78, 5) is 15.8. The third-order valence-electron chi connectivity index (χ3n) is 23.9. The van der Waals surface area contributed by atoms with E-state index in [0.29, 0.717) is 17.8 Å². The second-order valence-electron chi connectivity index (χ2n) is 28.7. The minimum absolute atomic E-state index is 0.704. The summed E-state index contributed by atoms with van der Waals surface area (Å²) in [6.07, 6.45) is 25.9. The highest BCUT2D eigenvalue weighted by atomic mass is 14.7. The van der Waals surface area contributed by atoms with Crippen LogP contribution in [-0.2, 0) is 0 Å². The Kier molecular flexibility index (Phi) is 11.5. The van der Waals surface area contributed by atoms with Gasteiger partial charge in [0.25, 0.3) is 0 Å². The largest absolute Gasteiger partial charge is 0.256 e. The SMILES string of the molecule is c1ccc(-c2cc(-c3ccccc3-c3ccc(-c4ccc5c(c4)C4CC6CC(CC5C6)C4)nc3)cc(-c3ccccc3-c3ccc(-c4ccc5c(c4)C4CC6CC(C4)C5C6)nc3)c2)c(-c2ccc(-c3ccc4c(c3)C3CC5CC(CC4C5)C3)nc2)c1. The number of benzene rings is 7. The second kappa shape index (κ2) is 19.8. The summed E-state index contributed by atoms with van der Waals surface area (Å²) in [7, 11) is 0. The Balaban J connectivity index is 0.692. The van der Waals surface area contributed by atoms with Crippen LogP contribution in [0.15, 0.2) is 201 Å². The number of fused-ring (bicyclic) bond motifs is 5. The standard InChI is InChI=1S/C83H73N3/c1-4-10-71(68(7-1)56-16-22-81(84-45-56)53-13-19-74-59-27-48-25-49(28-59)32-61(31-48)78(74)42-53)65-39-66(72-11-5-2-8-69(72)57-17-23-82(85-46-57)54-14-20-75-60-29-50-26-51(30-60)34-62(33-50)79(75)43-54)41-67(40-65)73-12-6-3-9-70(73)58-18-24-83(86-47-58)55-15-21-76-77-37-52-35-63(77)38-64(36-52)80(76)44-55/h1-24,39-52,59-64,77H,25-38H2. The van der Waals surface area contributed by atoms with Crippen LogP contribution in [0.4, 0.5) is 0 Å². The first kappa shape index (κ1) is 50.2. The number of hydrogen-bond acceptors (Lipinski definition) is 3. The molecule has 0 aliphatic heterocycles. The molecule has 3 aromatic heterocycles. The van der Waals surface area contributed by atoms with Crippen molar-refractivity contribution >= 4 is 0 Å². The van der Waals surface area contributed by atoms with Crippen LogP contribution in [0.1, 0.15) is 159 Å². The van der Waals surface area contributed by atoms with Gasteiger partial charge in [0.1, 0.15) is 0 Å². The molecule has 6 saturated carbocycles. The van der Waals surface area contributed by atoms with Gasteiger partial charge in [-0.1, -0.05) is 127 Å². The molecule has 6 fully saturated rings. The lowest BCUT2D eigenvalue weighted by Gasteiger charge is -2.38. The van der Waals surface area contributed by atoms with Crippen LogP contribution in [0, 0.1) is 35.5 Å². The monoisotopic (exact) mass is 1110 g/mol. The van der Waals surface area contributed by atoms with Crippen LogP contribution in [0.2, 0.25) is 0 Å². The summed E-state index contributed by atoms with van der Waals surface area (Å²) in [6.45, 7) is 0. The Morgan fingerprint density at radius 3 is 0.884 bits per heavy atom. The fourth-order valence-electron chi connectivity index (χ4n) is 20.5. The molecule has 0 N–H and O–H groups in total. The van der Waals surface area contributed by atoms with Crippen LogP contribution in [0.25, 0.3) is 101 Å². The van der Waals surface area contributed by atoms with Gasteiger partial charge in [0.2, 0.25) is 0 Å². The van der Waals surface area contributed by atoms with Gasteiger partial charge >= 0.3 is 0 Å². The van der Waals surface area contributed by atoms with E-state index < -0.39 is 0 Å². The Labute approximate surface area is 507 Å². The predicted octanol–water partition coefficient (Wildman–Crippen LogP) is 21.7. The maximum Gasteiger partial charge on any atom is 0.0702 e. The van der Waals surface area contributed by atoms with Gasteiger partial charge in [-0.05, 0) is 299 Å². The molecule has 7 aromatic carbocycles. The lowest BCUT2D eigenvalue weighted by molar-refractivity contribution is 0.165. The van der Waals surface area contributed by atoms with Crippen molar-refractivity contribution < 1.29 is 0 Å². The zero-order chi connectivity index (χ0) is 56.1. The maximum atomic E-state index is 5.28. The highest BCUT2D eigenvalue weighted by molar-refractivity contribution is 5.94. The summed E-state index contributed by atoms with van der Waals surface area (Å²) in [5, 5.41) is 0. The summed E-state index contributed by atoms with van der Waals surface area (Å²) in [6, 6.07) is 69.9. The van der Waals surface area contributed by atoms with Crippen LogP contribution >= 0.6 is 0 Å². The molecule has 86 heavy (non-hydrogen) atoms. The molecule has 420 valence electrons. The van der Waals surface area contributed by atoms with Gasteiger partial charge in [0.15, 0.2) is 0 Å². The normalized spacial score (nSPS) is 27.3. The number of aromatic nitrogens is 3. The highest BCUT2D eigenvalue weighted by Crippen LogP contribution is 2.62. The van der Waals surface area contributed by atoms with E-state index >= 15 is 0 Å². The molecule has 3 nitrogen and oxygen atoms in total. The Morgan fingerprint density at radius 1 is 0.221 bits per heavy atom. The molecule has 0 amide bonds. The lowest BCUT2D eigenvalue weighted by Crippen LogP contribution is -2.25. The Morgan fingerprint density at radius 2 is 0.523 bits per heavy atom. The molecular weight excluding hydrogens is 1040 g/mol. The fraction of sp³-hybridized carbons (Fsp3) is 0.313.